The summed E-state index contributed by atoms with van der Waals surface area (Å²) in [5.41, 5.74) is 0.669. The number of halogens is 6. The van der Waals surface area contributed by atoms with Gasteiger partial charge in [-0.05, 0) is 36.8 Å². The Bertz CT molecular complexity index is 1490. The van der Waals surface area contributed by atoms with Gasteiger partial charge in [0.15, 0.2) is 17.3 Å². The molecule has 3 aromatic carbocycles. The fourth-order valence-corrected chi connectivity index (χ4v) is 3.38. The van der Waals surface area contributed by atoms with E-state index in [0.29, 0.717) is 11.1 Å². The van der Waals surface area contributed by atoms with Crippen LogP contribution in [0.15, 0.2) is 62.4 Å². The van der Waals surface area contributed by atoms with Gasteiger partial charge in [0.1, 0.15) is 17.6 Å². The normalized spacial score (nSPS) is 12.0. The Kier molecular flexibility index (Phi) is 6.62. The van der Waals surface area contributed by atoms with Gasteiger partial charge in [-0.2, -0.15) is 8.78 Å². The van der Waals surface area contributed by atoms with Crippen molar-refractivity contribution in [1.82, 2.24) is 0 Å². The Morgan fingerprint density at radius 2 is 1.51 bits per heavy atom. The highest BCUT2D eigenvalue weighted by atomic mass is 79.9. The van der Waals surface area contributed by atoms with Crippen LogP contribution in [0.4, 0.5) is 22.0 Å². The molecule has 0 spiro atoms. The zero-order valence-electron chi connectivity index (χ0n) is 17.5. The first kappa shape index (κ1) is 24.4. The second kappa shape index (κ2) is 9.49. The fourth-order valence-electron chi connectivity index (χ4n) is 3.11. The highest BCUT2D eigenvalue weighted by Gasteiger charge is 2.30. The minimum absolute atomic E-state index is 0.0782. The number of benzene rings is 3. The number of fused-ring (bicyclic) bond motifs is 1. The average molecular weight is 555 g/mol. The number of rotatable bonds is 5. The highest BCUT2D eigenvalue weighted by molar-refractivity contribution is 9.10. The molecule has 0 aliphatic carbocycles. The van der Waals surface area contributed by atoms with Crippen molar-refractivity contribution in [2.75, 3.05) is 0 Å². The molecule has 0 bridgehead atoms. The van der Waals surface area contributed by atoms with Gasteiger partial charge >= 0.3 is 5.97 Å². The molecular formula is C24H12BrF5O5. The van der Waals surface area contributed by atoms with E-state index < -0.39 is 46.9 Å². The van der Waals surface area contributed by atoms with Gasteiger partial charge in [0.05, 0.1) is 10.9 Å². The van der Waals surface area contributed by atoms with Crippen LogP contribution in [-0.4, -0.2) is 12.1 Å². The Morgan fingerprint density at radius 3 is 2.14 bits per heavy atom. The highest BCUT2D eigenvalue weighted by Crippen LogP contribution is 2.30. The largest absolute Gasteiger partial charge is 0.473 e. The summed E-state index contributed by atoms with van der Waals surface area (Å²) < 4.78 is 83.5. The van der Waals surface area contributed by atoms with Crippen LogP contribution in [0.2, 0.25) is 0 Å². The third-order valence-electron chi connectivity index (χ3n) is 4.92. The lowest BCUT2D eigenvalue weighted by atomic mass is 10.1. The lowest BCUT2D eigenvalue weighted by Crippen LogP contribution is -2.29. The van der Waals surface area contributed by atoms with Crippen molar-refractivity contribution in [3.8, 4) is 22.6 Å². The number of carbonyl (C=O) groups excluding carboxylic acids is 1. The zero-order valence-corrected chi connectivity index (χ0v) is 19.1. The van der Waals surface area contributed by atoms with Crippen LogP contribution in [0, 0.1) is 29.1 Å². The molecule has 4 aromatic rings. The molecule has 1 unspecified atom stereocenters. The predicted molar refractivity (Wildman–Crippen MR) is 118 cm³/mol. The van der Waals surface area contributed by atoms with Gasteiger partial charge < -0.3 is 13.9 Å². The average Bonchev–Trinajstić information content (AvgIpc) is 2.85. The van der Waals surface area contributed by atoms with Gasteiger partial charge in [0, 0.05) is 10.5 Å². The third-order valence-corrected chi connectivity index (χ3v) is 5.44. The van der Waals surface area contributed by atoms with Crippen LogP contribution in [0.3, 0.4) is 0 Å². The molecule has 0 aliphatic rings. The molecule has 1 aromatic heterocycles. The molecule has 0 amide bonds. The standard InChI is InChI=1S/C24H12BrF5O5/c1-10(34-23-20(29)18(27)17(26)19(28)21(23)30)24(32)35-13-6-7-14-16(8-13)33-9-15(22(14)31)11-2-4-12(25)5-3-11/h2-10H,1H3. The second-order valence-corrected chi connectivity index (χ2v) is 8.14. The van der Waals surface area contributed by atoms with Crippen LogP contribution < -0.4 is 14.9 Å². The summed E-state index contributed by atoms with van der Waals surface area (Å²) in [7, 11) is 0. The maximum Gasteiger partial charge on any atom is 0.352 e. The molecule has 1 atom stereocenters. The Hall–Kier alpha value is -3.73. The number of hydrogen-bond acceptors (Lipinski definition) is 5. The number of ether oxygens (including phenoxy) is 2. The summed E-state index contributed by atoms with van der Waals surface area (Å²) in [6.45, 7) is 0.992. The molecule has 35 heavy (non-hydrogen) atoms. The first-order valence-electron chi connectivity index (χ1n) is 9.79. The molecule has 0 N–H and O–H groups in total. The SMILES string of the molecule is CC(Oc1c(F)c(F)c(F)c(F)c1F)C(=O)Oc1ccc2c(=O)c(-c3ccc(Br)cc3)coc2c1. The van der Waals surface area contributed by atoms with Gasteiger partial charge in [-0.25, -0.2) is 18.0 Å². The molecule has 180 valence electrons. The molecule has 0 aliphatic heterocycles. The molecule has 0 saturated heterocycles. The minimum Gasteiger partial charge on any atom is -0.473 e. The molecule has 1 heterocycles. The lowest BCUT2D eigenvalue weighted by molar-refractivity contribution is -0.141. The van der Waals surface area contributed by atoms with E-state index in [1.165, 1.54) is 24.5 Å². The summed E-state index contributed by atoms with van der Waals surface area (Å²) in [6, 6.07) is 10.8. The number of esters is 1. The van der Waals surface area contributed by atoms with Crippen molar-refractivity contribution in [1.29, 1.82) is 0 Å². The van der Waals surface area contributed by atoms with Crippen LogP contribution in [0.1, 0.15) is 6.92 Å². The smallest absolute Gasteiger partial charge is 0.352 e. The van der Waals surface area contributed by atoms with Gasteiger partial charge in [-0.3, -0.25) is 4.79 Å². The van der Waals surface area contributed by atoms with Crippen LogP contribution in [0.25, 0.3) is 22.1 Å². The van der Waals surface area contributed by atoms with E-state index in [0.717, 1.165) is 11.4 Å². The Labute approximate surface area is 201 Å². The van der Waals surface area contributed by atoms with Gasteiger partial charge in [-0.15, -0.1) is 0 Å². The van der Waals surface area contributed by atoms with E-state index in [9.17, 15) is 31.5 Å². The van der Waals surface area contributed by atoms with E-state index in [1.807, 2.05) is 0 Å². The van der Waals surface area contributed by atoms with Crippen molar-refractivity contribution in [2.24, 2.45) is 0 Å². The van der Waals surface area contributed by atoms with Crippen LogP contribution in [-0.2, 0) is 4.79 Å². The van der Waals surface area contributed by atoms with Crippen molar-refractivity contribution >= 4 is 32.9 Å². The molecule has 0 fully saturated rings. The van der Waals surface area contributed by atoms with E-state index in [2.05, 4.69) is 20.7 Å². The zero-order chi connectivity index (χ0) is 25.4. The summed E-state index contributed by atoms with van der Waals surface area (Å²) in [6.07, 6.45) is -0.514. The predicted octanol–water partition coefficient (Wildman–Crippen LogP) is 6.29. The molecule has 11 heteroatoms. The van der Waals surface area contributed by atoms with Crippen LogP contribution in [0.5, 0.6) is 11.5 Å². The maximum atomic E-state index is 13.8. The topological polar surface area (TPSA) is 65.7 Å². The molecule has 0 saturated carbocycles. The monoisotopic (exact) mass is 554 g/mol. The molecular weight excluding hydrogens is 543 g/mol. The second-order valence-electron chi connectivity index (χ2n) is 7.22. The van der Waals surface area contributed by atoms with Crippen molar-refractivity contribution < 1.29 is 40.6 Å². The van der Waals surface area contributed by atoms with Crippen molar-refractivity contribution in [2.45, 2.75) is 13.0 Å². The third kappa shape index (κ3) is 4.63. The molecule has 0 radical (unpaired) electrons. The first-order chi connectivity index (χ1) is 16.6. The Morgan fingerprint density at radius 1 is 0.914 bits per heavy atom. The number of carbonyl (C=O) groups is 1. The molecule has 5 nitrogen and oxygen atoms in total. The molecule has 4 rings (SSSR count). The number of hydrogen-bond donors (Lipinski definition) is 0. The van der Waals surface area contributed by atoms with E-state index >= 15 is 0 Å². The van der Waals surface area contributed by atoms with E-state index in [-0.39, 0.29) is 22.1 Å². The summed E-state index contributed by atoms with van der Waals surface area (Å²) >= 11 is 3.31. The van der Waals surface area contributed by atoms with Gasteiger partial charge in [0.25, 0.3) is 0 Å². The fraction of sp³-hybridized carbons (Fsp3) is 0.0833. The summed E-state index contributed by atoms with van der Waals surface area (Å²) in [4.78, 5) is 25.1. The van der Waals surface area contributed by atoms with Gasteiger partial charge in [-0.1, -0.05) is 28.1 Å². The van der Waals surface area contributed by atoms with Crippen molar-refractivity contribution in [3.63, 3.8) is 0 Å². The van der Waals surface area contributed by atoms with E-state index in [4.69, 9.17) is 9.15 Å². The van der Waals surface area contributed by atoms with E-state index in [1.54, 1.807) is 24.3 Å². The summed E-state index contributed by atoms with van der Waals surface area (Å²) in [5, 5.41) is 0.191. The van der Waals surface area contributed by atoms with Crippen LogP contribution >= 0.6 is 15.9 Å². The maximum absolute atomic E-state index is 13.8. The first-order valence-corrected chi connectivity index (χ1v) is 10.6. The lowest BCUT2D eigenvalue weighted by Gasteiger charge is -2.15. The minimum atomic E-state index is -2.36. The van der Waals surface area contributed by atoms with Gasteiger partial charge in [0.2, 0.25) is 29.1 Å². The quantitative estimate of drug-likeness (QED) is 0.0953. The van der Waals surface area contributed by atoms with Crippen molar-refractivity contribution in [3.05, 3.63) is 92.5 Å². The summed E-state index contributed by atoms with van der Waals surface area (Å²) in [5.74, 6) is -14.2. The Balaban J connectivity index is 1.56.